The zero-order valence-electron chi connectivity index (χ0n) is 32.8. The molecule has 0 saturated carbocycles. The van der Waals surface area contributed by atoms with Crippen LogP contribution in [0, 0.1) is 0 Å². The van der Waals surface area contributed by atoms with Crippen LogP contribution in [0.15, 0.2) is 65.9 Å². The third-order valence-electron chi connectivity index (χ3n) is 9.96. The number of H-pyrrole nitrogens is 2. The quantitative estimate of drug-likeness (QED) is 0.0232. The van der Waals surface area contributed by atoms with E-state index >= 15 is 0 Å². The average Bonchev–Trinajstić information content (AvgIpc) is 3.81. The first-order valence-corrected chi connectivity index (χ1v) is 19.7. The van der Waals surface area contributed by atoms with Crippen LogP contribution in [0.3, 0.4) is 0 Å². The van der Waals surface area contributed by atoms with E-state index in [9.17, 15) is 24.0 Å². The van der Waals surface area contributed by atoms with E-state index in [4.69, 9.17) is 34.4 Å². The Hall–Kier alpha value is -5.98. The van der Waals surface area contributed by atoms with Crippen LogP contribution >= 0.6 is 0 Å². The van der Waals surface area contributed by atoms with Crippen molar-refractivity contribution >= 4 is 57.3 Å². The third-order valence-corrected chi connectivity index (χ3v) is 9.96. The number of aromatic amines is 2. The Morgan fingerprint density at radius 2 is 1.02 bits per heavy atom. The minimum atomic E-state index is -1.22. The van der Waals surface area contributed by atoms with Crippen molar-refractivity contribution in [2.24, 2.45) is 39.4 Å². The monoisotopic (exact) mass is 801 g/mol. The van der Waals surface area contributed by atoms with Crippen molar-refractivity contribution in [1.29, 1.82) is 0 Å². The zero-order valence-corrected chi connectivity index (χ0v) is 32.8. The van der Waals surface area contributed by atoms with Gasteiger partial charge in [-0.3, -0.25) is 29.0 Å². The second-order valence-electron chi connectivity index (χ2n) is 14.4. The number of carbonyl (C=O) groups is 5. The first kappa shape index (κ1) is 44.7. The molecule has 0 aliphatic carbocycles. The average molecular weight is 802 g/mol. The highest BCUT2D eigenvalue weighted by molar-refractivity contribution is 5.97. The predicted molar refractivity (Wildman–Crippen MR) is 225 cm³/mol. The van der Waals surface area contributed by atoms with Crippen LogP contribution in [-0.4, -0.2) is 95.3 Å². The summed E-state index contributed by atoms with van der Waals surface area (Å²) in [6.45, 7) is 1.07. The number of hydrogen-bond donors (Lipinski definition) is 12. The van der Waals surface area contributed by atoms with E-state index < -0.39 is 59.7 Å². The summed E-state index contributed by atoms with van der Waals surface area (Å²) in [5.74, 6) is -3.26. The van der Waals surface area contributed by atoms with E-state index in [-0.39, 0.29) is 44.6 Å². The summed E-state index contributed by atoms with van der Waals surface area (Å²) in [6, 6.07) is 9.62. The molecule has 0 unspecified atom stereocenters. The van der Waals surface area contributed by atoms with Crippen molar-refractivity contribution in [3.05, 3.63) is 72.1 Å². The predicted octanol–water partition coefficient (Wildman–Crippen LogP) is -0.502. The summed E-state index contributed by atoms with van der Waals surface area (Å²) in [6.07, 6.45) is 7.05. The topological polar surface area (TPSA) is 334 Å². The number of aromatic nitrogens is 2. The SMILES string of the molecule is NCCCC[C@H](NC(=O)[C@H](Cc1c[nH]c2ccccc12)NC(=O)[C@H](Cc1c[nH]c2ccccc12)NC(=O)[C@H](CCCCN)NC(=O)[C@@H](N)CCCN=C(N)N)C(N)=O. The van der Waals surface area contributed by atoms with Crippen LogP contribution in [-0.2, 0) is 36.8 Å². The molecule has 0 fully saturated rings. The van der Waals surface area contributed by atoms with E-state index in [1.54, 1.807) is 12.4 Å². The van der Waals surface area contributed by atoms with Gasteiger partial charge in [0.25, 0.3) is 0 Å². The molecule has 0 saturated heterocycles. The number of amides is 5. The van der Waals surface area contributed by atoms with Gasteiger partial charge in [0, 0.05) is 53.6 Å². The molecule has 2 aromatic carbocycles. The molecular weight excluding hydrogens is 743 g/mol. The molecule has 5 amide bonds. The van der Waals surface area contributed by atoms with Gasteiger partial charge in [-0.15, -0.1) is 0 Å². The number of unbranched alkanes of at least 4 members (excludes halogenated alkanes) is 2. The molecule has 0 aliphatic heterocycles. The van der Waals surface area contributed by atoms with Gasteiger partial charge in [-0.25, -0.2) is 0 Å². The van der Waals surface area contributed by atoms with Crippen molar-refractivity contribution in [3.63, 3.8) is 0 Å². The summed E-state index contributed by atoms with van der Waals surface area (Å²) in [4.78, 5) is 78.6. The van der Waals surface area contributed by atoms with Gasteiger partial charge in [0.15, 0.2) is 5.96 Å². The number of para-hydroxylation sites is 2. The highest BCUT2D eigenvalue weighted by Gasteiger charge is 2.32. The molecule has 18 nitrogen and oxygen atoms in total. The lowest BCUT2D eigenvalue weighted by Crippen LogP contribution is -2.59. The Morgan fingerprint density at radius 3 is 1.50 bits per heavy atom. The van der Waals surface area contributed by atoms with Gasteiger partial charge in [-0.05, 0) is 87.7 Å². The van der Waals surface area contributed by atoms with Gasteiger partial charge < -0.3 is 65.6 Å². The van der Waals surface area contributed by atoms with Gasteiger partial charge in [0.2, 0.25) is 29.5 Å². The molecule has 4 rings (SSSR count). The Balaban J connectivity index is 1.63. The van der Waals surface area contributed by atoms with Gasteiger partial charge in [0.05, 0.1) is 6.04 Å². The summed E-state index contributed by atoms with van der Waals surface area (Å²) in [5.41, 5.74) is 37.2. The molecular formula is C40H59N13O5. The normalized spacial score (nSPS) is 13.8. The fourth-order valence-electron chi connectivity index (χ4n) is 6.75. The lowest BCUT2D eigenvalue weighted by atomic mass is 10.00. The number of rotatable bonds is 25. The summed E-state index contributed by atoms with van der Waals surface area (Å²) in [5, 5.41) is 12.9. The highest BCUT2D eigenvalue weighted by Crippen LogP contribution is 2.21. The smallest absolute Gasteiger partial charge is 0.243 e. The Labute approximate surface area is 337 Å². The Kier molecular flexibility index (Phi) is 17.5. The standard InChI is InChI=1S/C40H59N13O5/c41-17-7-5-15-31(35(44)54)50-38(57)33(20-24-22-48-29-13-3-1-10-26(24)29)53-39(58)34(21-25-23-49-30-14-4-2-11-27(25)30)52-37(56)32(16-6-8-18-42)51-36(55)28(43)12-9-19-47-40(45)46/h1-4,10-11,13-14,22-23,28,31-34,48-49H,5-9,12,15-21,41-43H2,(H2,44,54)(H,50,57)(H,51,55)(H,52,56)(H,53,58)(H4,45,46,47)/t28-,31-,32-,33-,34-/m0/s1. The number of carbonyl (C=O) groups excluding carboxylic acids is 5. The van der Waals surface area contributed by atoms with Crippen molar-refractivity contribution in [2.75, 3.05) is 19.6 Å². The minimum Gasteiger partial charge on any atom is -0.370 e. The molecule has 314 valence electrons. The van der Waals surface area contributed by atoms with Crippen LogP contribution in [0.2, 0.25) is 0 Å². The number of guanidine groups is 1. The van der Waals surface area contributed by atoms with Crippen LogP contribution in [0.1, 0.15) is 62.5 Å². The molecule has 5 atom stereocenters. The zero-order chi connectivity index (χ0) is 42.0. The number of primary amides is 1. The molecule has 0 spiro atoms. The number of nitrogens with two attached hydrogens (primary N) is 6. The molecule has 0 bridgehead atoms. The number of benzene rings is 2. The number of nitrogens with one attached hydrogen (secondary N) is 6. The summed E-state index contributed by atoms with van der Waals surface area (Å²) < 4.78 is 0. The van der Waals surface area contributed by atoms with Gasteiger partial charge in [-0.1, -0.05) is 36.4 Å². The van der Waals surface area contributed by atoms with E-state index in [0.29, 0.717) is 45.2 Å². The van der Waals surface area contributed by atoms with Gasteiger partial charge >= 0.3 is 0 Å². The number of nitrogens with zero attached hydrogens (tertiary/aromatic N) is 1. The molecule has 18 N–H and O–H groups in total. The van der Waals surface area contributed by atoms with Crippen molar-refractivity contribution < 1.29 is 24.0 Å². The number of fused-ring (bicyclic) bond motifs is 2. The van der Waals surface area contributed by atoms with Crippen LogP contribution in [0.25, 0.3) is 21.8 Å². The highest BCUT2D eigenvalue weighted by atomic mass is 16.2. The lowest BCUT2D eigenvalue weighted by molar-refractivity contribution is -0.134. The van der Waals surface area contributed by atoms with Crippen molar-refractivity contribution in [2.45, 2.75) is 94.4 Å². The van der Waals surface area contributed by atoms with Gasteiger partial charge in [-0.2, -0.15) is 0 Å². The molecule has 58 heavy (non-hydrogen) atoms. The first-order chi connectivity index (χ1) is 27.9. The molecule has 0 radical (unpaired) electrons. The van der Waals surface area contributed by atoms with Crippen molar-refractivity contribution in [1.82, 2.24) is 31.2 Å². The minimum absolute atomic E-state index is 0.0276. The number of hydrogen-bond acceptors (Lipinski definition) is 9. The molecule has 4 aromatic rings. The van der Waals surface area contributed by atoms with E-state index in [0.717, 1.165) is 32.9 Å². The maximum Gasteiger partial charge on any atom is 0.243 e. The molecule has 2 aromatic heterocycles. The van der Waals surface area contributed by atoms with Gasteiger partial charge in [0.1, 0.15) is 24.2 Å². The summed E-state index contributed by atoms with van der Waals surface area (Å²) in [7, 11) is 0. The molecule has 2 heterocycles. The third kappa shape index (κ3) is 13.3. The lowest BCUT2D eigenvalue weighted by Gasteiger charge is -2.27. The second kappa shape index (κ2) is 22.7. The first-order valence-electron chi connectivity index (χ1n) is 19.7. The van der Waals surface area contributed by atoms with Crippen LogP contribution in [0.5, 0.6) is 0 Å². The molecule has 0 aliphatic rings. The molecule has 18 heteroatoms. The number of aliphatic imine (C=N–C) groups is 1. The fourth-order valence-corrected chi connectivity index (χ4v) is 6.75. The van der Waals surface area contributed by atoms with E-state index in [2.05, 4.69) is 36.2 Å². The fraction of sp³-hybridized carbons (Fsp3) is 0.450. The van der Waals surface area contributed by atoms with E-state index in [1.165, 1.54) is 0 Å². The van der Waals surface area contributed by atoms with E-state index in [1.807, 2.05) is 48.5 Å². The Bertz CT molecular complexity index is 2010. The maximum atomic E-state index is 14.5. The second-order valence-corrected chi connectivity index (χ2v) is 14.4. The summed E-state index contributed by atoms with van der Waals surface area (Å²) >= 11 is 0. The maximum absolute atomic E-state index is 14.5. The Morgan fingerprint density at radius 1 is 0.569 bits per heavy atom. The van der Waals surface area contributed by atoms with Crippen molar-refractivity contribution in [3.8, 4) is 0 Å². The largest absolute Gasteiger partial charge is 0.370 e. The van der Waals surface area contributed by atoms with Crippen LogP contribution in [0.4, 0.5) is 0 Å². The van der Waals surface area contributed by atoms with Crippen LogP contribution < -0.4 is 55.7 Å².